The molecule has 0 heterocycles. The Bertz CT molecular complexity index is 914. The van der Waals surface area contributed by atoms with Crippen LogP contribution in [0, 0.1) is 0 Å². The summed E-state index contributed by atoms with van der Waals surface area (Å²) < 4.78 is 0. The average Bonchev–Trinajstić information content (AvgIpc) is 2.83. The van der Waals surface area contributed by atoms with Gasteiger partial charge in [0.2, 0.25) is 0 Å². The second kappa shape index (κ2) is 12.0. The van der Waals surface area contributed by atoms with Crippen molar-refractivity contribution in [2.45, 2.75) is 26.7 Å². The lowest BCUT2D eigenvalue weighted by Gasteiger charge is -2.21. The molecule has 3 aromatic rings. The number of nitrogens with zero attached hydrogens (tertiary/aromatic N) is 3. The van der Waals surface area contributed by atoms with Crippen molar-refractivity contribution >= 4 is 23.3 Å². The molecule has 0 bridgehead atoms. The molecule has 3 rings (SSSR count). The summed E-state index contributed by atoms with van der Waals surface area (Å²) in [6.07, 6.45) is 3.14. The fraction of sp³-hybridized carbons (Fsp3) is 0.296. The van der Waals surface area contributed by atoms with Crippen LogP contribution < -0.4 is 9.91 Å². The second-order valence-electron chi connectivity index (χ2n) is 7.60. The molecule has 0 spiro atoms. The third kappa shape index (κ3) is 6.19. The van der Waals surface area contributed by atoms with Gasteiger partial charge < -0.3 is 15.1 Å². The molecular weight excluding hydrogens is 398 g/mol. The van der Waals surface area contributed by atoms with Crippen molar-refractivity contribution in [3.8, 4) is 0 Å². The molecule has 0 aliphatic rings. The minimum atomic E-state index is 0.136. The highest BCUT2D eigenvalue weighted by Crippen LogP contribution is 2.27. The van der Waals surface area contributed by atoms with Gasteiger partial charge in [0, 0.05) is 32.0 Å². The lowest BCUT2D eigenvalue weighted by Crippen LogP contribution is -2.21. The molecule has 0 atom stereocenters. The van der Waals surface area contributed by atoms with Crippen molar-refractivity contribution in [3.05, 3.63) is 89.5 Å². The van der Waals surface area contributed by atoms with Crippen molar-refractivity contribution in [1.82, 2.24) is 0 Å². The van der Waals surface area contributed by atoms with Gasteiger partial charge in [0.05, 0.1) is 17.6 Å². The molecule has 0 amide bonds. The van der Waals surface area contributed by atoms with Crippen LogP contribution in [-0.2, 0) is 12.8 Å². The van der Waals surface area contributed by atoms with Gasteiger partial charge in [-0.15, -0.1) is 0 Å². The van der Waals surface area contributed by atoms with Crippen molar-refractivity contribution in [3.63, 3.8) is 0 Å². The van der Waals surface area contributed by atoms with Crippen LogP contribution in [0.4, 0.5) is 17.1 Å². The summed E-state index contributed by atoms with van der Waals surface area (Å²) in [5.41, 5.74) is 6.30. The van der Waals surface area contributed by atoms with Crippen molar-refractivity contribution in [2.24, 2.45) is 5.10 Å². The molecule has 0 aliphatic heterocycles. The van der Waals surface area contributed by atoms with E-state index in [1.807, 2.05) is 59.8 Å². The first-order chi connectivity index (χ1) is 15.7. The zero-order chi connectivity index (χ0) is 22.8. The normalized spacial score (nSPS) is 11.1. The Labute approximate surface area is 191 Å². The van der Waals surface area contributed by atoms with Crippen molar-refractivity contribution < 1.29 is 10.2 Å². The van der Waals surface area contributed by atoms with E-state index in [1.54, 1.807) is 0 Å². The number of hydrogen-bond donors (Lipinski definition) is 2. The Balaban J connectivity index is 1.88. The fourth-order valence-electron chi connectivity index (χ4n) is 3.63. The molecule has 5 nitrogen and oxygen atoms in total. The maximum Gasteiger partial charge on any atom is 0.0652 e. The number of aliphatic hydroxyl groups is 2. The summed E-state index contributed by atoms with van der Waals surface area (Å²) in [6, 6.07) is 24.6. The van der Waals surface area contributed by atoms with Gasteiger partial charge in [0.25, 0.3) is 0 Å². The van der Waals surface area contributed by atoms with Gasteiger partial charge in [-0.1, -0.05) is 36.4 Å². The molecule has 32 heavy (non-hydrogen) atoms. The van der Waals surface area contributed by atoms with Gasteiger partial charge in [0.1, 0.15) is 0 Å². The predicted octanol–water partition coefficient (Wildman–Crippen LogP) is 4.77. The molecule has 0 radical (unpaired) electrons. The van der Waals surface area contributed by atoms with Gasteiger partial charge in [0.15, 0.2) is 0 Å². The van der Waals surface area contributed by atoms with Crippen LogP contribution >= 0.6 is 0 Å². The maximum absolute atomic E-state index is 9.19. The lowest BCUT2D eigenvalue weighted by atomic mass is 10.1. The SMILES string of the molecule is CCN(CC)c1ccc(/C=N/N(c2ccc(CCO)cc2)c2ccc(CCO)cc2)cc1. The summed E-state index contributed by atoms with van der Waals surface area (Å²) in [7, 11) is 0. The van der Waals surface area contributed by atoms with Crippen LogP contribution in [0.25, 0.3) is 0 Å². The summed E-state index contributed by atoms with van der Waals surface area (Å²) in [5, 5.41) is 25.1. The summed E-state index contributed by atoms with van der Waals surface area (Å²) >= 11 is 0. The van der Waals surface area contributed by atoms with Crippen LogP contribution in [0.3, 0.4) is 0 Å². The van der Waals surface area contributed by atoms with Crippen molar-refractivity contribution in [1.29, 1.82) is 0 Å². The summed E-state index contributed by atoms with van der Waals surface area (Å²) in [6.45, 7) is 6.56. The molecular formula is C27H33N3O2. The second-order valence-corrected chi connectivity index (χ2v) is 7.60. The number of aliphatic hydroxyl groups excluding tert-OH is 2. The first-order valence-corrected chi connectivity index (χ1v) is 11.3. The van der Waals surface area contributed by atoms with Gasteiger partial charge in [-0.3, -0.25) is 0 Å². The number of hydrazone groups is 1. The molecule has 2 N–H and O–H groups in total. The standard InChI is InChI=1S/C27H33N3O2/c1-3-29(4-2)25-11-9-24(10-12-25)21-28-30(26-13-5-22(6-14-26)17-19-31)27-15-7-23(8-16-27)18-20-32/h5-16,21,31-32H,3-4,17-20H2,1-2H3/b28-21+. The average molecular weight is 432 g/mol. The van der Waals surface area contributed by atoms with Crippen LogP contribution in [0.5, 0.6) is 0 Å². The van der Waals surface area contributed by atoms with Crippen molar-refractivity contribution in [2.75, 3.05) is 36.2 Å². The summed E-state index contributed by atoms with van der Waals surface area (Å²) in [5.74, 6) is 0. The largest absolute Gasteiger partial charge is 0.396 e. The predicted molar refractivity (Wildman–Crippen MR) is 134 cm³/mol. The smallest absolute Gasteiger partial charge is 0.0652 e. The maximum atomic E-state index is 9.19. The van der Waals surface area contributed by atoms with E-state index in [0.717, 1.165) is 41.2 Å². The van der Waals surface area contributed by atoms with E-state index in [4.69, 9.17) is 5.10 Å². The van der Waals surface area contributed by atoms with Gasteiger partial charge >= 0.3 is 0 Å². The van der Waals surface area contributed by atoms with E-state index in [1.165, 1.54) is 5.69 Å². The first-order valence-electron chi connectivity index (χ1n) is 11.3. The number of rotatable bonds is 11. The molecule has 0 unspecified atom stereocenters. The van der Waals surface area contributed by atoms with Crippen LogP contribution in [0.1, 0.15) is 30.5 Å². The Hall–Kier alpha value is -3.15. The topological polar surface area (TPSA) is 59.3 Å². The Morgan fingerprint density at radius 1 is 0.656 bits per heavy atom. The molecule has 0 aliphatic carbocycles. The van der Waals surface area contributed by atoms with Gasteiger partial charge in [-0.05, 0) is 79.8 Å². The molecule has 0 saturated heterocycles. The minimum absolute atomic E-state index is 0.136. The summed E-state index contributed by atoms with van der Waals surface area (Å²) in [4.78, 5) is 2.31. The molecule has 0 aromatic heterocycles. The molecule has 3 aromatic carbocycles. The molecule has 5 heteroatoms. The van der Waals surface area contributed by atoms with Gasteiger partial charge in [-0.2, -0.15) is 5.10 Å². The monoisotopic (exact) mass is 431 g/mol. The van der Waals surface area contributed by atoms with E-state index in [0.29, 0.717) is 12.8 Å². The molecule has 168 valence electrons. The molecule has 0 saturated carbocycles. The Kier molecular flexibility index (Phi) is 8.84. The zero-order valence-electron chi connectivity index (χ0n) is 19.0. The number of anilines is 3. The minimum Gasteiger partial charge on any atom is -0.396 e. The highest BCUT2D eigenvalue weighted by Gasteiger charge is 2.09. The molecule has 0 fully saturated rings. The first kappa shape index (κ1) is 23.5. The zero-order valence-corrected chi connectivity index (χ0v) is 19.0. The van der Waals surface area contributed by atoms with E-state index in [9.17, 15) is 10.2 Å². The number of hydrogen-bond acceptors (Lipinski definition) is 5. The fourth-order valence-corrected chi connectivity index (χ4v) is 3.63. The highest BCUT2D eigenvalue weighted by atomic mass is 16.3. The Morgan fingerprint density at radius 2 is 1.09 bits per heavy atom. The van der Waals surface area contributed by atoms with E-state index < -0.39 is 0 Å². The van der Waals surface area contributed by atoms with Crippen LogP contribution in [-0.4, -0.2) is 42.7 Å². The van der Waals surface area contributed by atoms with Crippen LogP contribution in [0.2, 0.25) is 0 Å². The van der Waals surface area contributed by atoms with E-state index >= 15 is 0 Å². The number of benzene rings is 3. The highest BCUT2D eigenvalue weighted by molar-refractivity contribution is 5.82. The van der Waals surface area contributed by atoms with E-state index in [2.05, 4.69) is 43.0 Å². The van der Waals surface area contributed by atoms with E-state index in [-0.39, 0.29) is 13.2 Å². The third-order valence-corrected chi connectivity index (χ3v) is 5.51. The van der Waals surface area contributed by atoms with Crippen LogP contribution in [0.15, 0.2) is 77.9 Å². The van der Waals surface area contributed by atoms with Gasteiger partial charge in [-0.25, -0.2) is 5.01 Å². The quantitative estimate of drug-likeness (QED) is 0.339. The Morgan fingerprint density at radius 3 is 1.50 bits per heavy atom. The lowest BCUT2D eigenvalue weighted by molar-refractivity contribution is 0.299. The third-order valence-electron chi connectivity index (χ3n) is 5.51.